The lowest BCUT2D eigenvalue weighted by molar-refractivity contribution is -0.287. The van der Waals surface area contributed by atoms with Crippen LogP contribution < -0.4 is 0 Å². The standard InChI is InChI=1S/C40H56O6/c1-24(2)27-15-20-40(34(44)45)22-21-39(8)37(6)18-16-29-35(3,4)33(46-31(43)14-11-25-9-12-26(41)13-10-25)28(42)23-36(29,5)30(37)17-19-38(39,7)32(27)40/h9-14,27-30,32-33,41-42H,1,15-23H2,2-8H3,(H,44,45)/b14-11-/t27?,28?,29?,30?,32?,33?,36-,37?,38?,39?,40?/m0/s1. The number of hydrogen-bond donors (Lipinski definition) is 3. The Labute approximate surface area is 275 Å². The van der Waals surface area contributed by atoms with Crippen molar-refractivity contribution < 1.29 is 29.6 Å². The molecule has 5 saturated carbocycles. The van der Waals surface area contributed by atoms with Crippen LogP contribution in [-0.2, 0) is 14.3 Å². The van der Waals surface area contributed by atoms with Crippen LogP contribution in [0.1, 0.15) is 112 Å². The summed E-state index contributed by atoms with van der Waals surface area (Å²) in [7, 11) is 0. The van der Waals surface area contributed by atoms with Crippen LogP contribution >= 0.6 is 0 Å². The van der Waals surface area contributed by atoms with E-state index in [0.29, 0.717) is 12.3 Å². The SMILES string of the molecule is C=C(C)C1CCC2(C(=O)O)CCC3(C)C(C)(CCC4C3(C)CCC3C(C)(C)C(OC(=O)/C=C\c5ccc(O)cc5)C(O)C[C@@]34C)C12. The summed E-state index contributed by atoms with van der Waals surface area (Å²) in [6.45, 7) is 20.7. The summed E-state index contributed by atoms with van der Waals surface area (Å²) < 4.78 is 6.07. The summed E-state index contributed by atoms with van der Waals surface area (Å²) in [5.74, 6) is 0.0573. The zero-order valence-corrected chi connectivity index (χ0v) is 29.1. The van der Waals surface area contributed by atoms with Gasteiger partial charge in [-0.3, -0.25) is 4.79 Å². The van der Waals surface area contributed by atoms with Crippen LogP contribution in [0.4, 0.5) is 0 Å². The fraction of sp³-hybridized carbons (Fsp3) is 0.700. The molecular weight excluding hydrogens is 576 g/mol. The van der Waals surface area contributed by atoms with Gasteiger partial charge in [0.1, 0.15) is 11.9 Å². The van der Waals surface area contributed by atoms with Gasteiger partial charge in [-0.15, -0.1) is 0 Å². The number of carboxylic acids is 1. The number of phenols is 1. The van der Waals surface area contributed by atoms with Crippen molar-refractivity contribution >= 4 is 18.0 Å². The third-order valence-corrected chi connectivity index (χ3v) is 15.7. The molecule has 10 unspecified atom stereocenters. The number of carbonyl (C=O) groups excluding carboxylic acids is 1. The molecule has 0 amide bonds. The zero-order chi connectivity index (χ0) is 33.7. The Morgan fingerprint density at radius 1 is 0.891 bits per heavy atom. The molecule has 1 aromatic carbocycles. The molecule has 3 N–H and O–H groups in total. The van der Waals surface area contributed by atoms with Crippen molar-refractivity contribution in [2.75, 3.05) is 0 Å². The number of hydrogen-bond acceptors (Lipinski definition) is 5. The highest BCUT2D eigenvalue weighted by Gasteiger charge is 2.76. The minimum absolute atomic E-state index is 0.00963. The lowest BCUT2D eigenvalue weighted by atomic mass is 9.28. The van der Waals surface area contributed by atoms with Crippen molar-refractivity contribution in [3.05, 3.63) is 48.1 Å². The van der Waals surface area contributed by atoms with Crippen LogP contribution in [0.2, 0.25) is 0 Å². The second-order valence-electron chi connectivity index (χ2n) is 17.7. The molecule has 0 spiro atoms. The number of allylic oxidation sites excluding steroid dienone is 1. The molecule has 46 heavy (non-hydrogen) atoms. The van der Waals surface area contributed by atoms with Gasteiger partial charge in [-0.25, -0.2) is 4.79 Å². The van der Waals surface area contributed by atoms with Crippen molar-refractivity contribution in [1.29, 1.82) is 0 Å². The van der Waals surface area contributed by atoms with E-state index in [1.54, 1.807) is 30.3 Å². The Morgan fingerprint density at radius 2 is 1.52 bits per heavy atom. The van der Waals surface area contributed by atoms with Crippen molar-refractivity contribution in [2.24, 2.45) is 56.2 Å². The molecule has 0 aliphatic heterocycles. The summed E-state index contributed by atoms with van der Waals surface area (Å²) in [5.41, 5.74) is 0.500. The van der Waals surface area contributed by atoms with Gasteiger partial charge in [-0.05, 0) is 134 Å². The molecule has 1 aromatic rings. The molecule has 252 valence electrons. The van der Waals surface area contributed by atoms with Gasteiger partial charge in [0.2, 0.25) is 0 Å². The highest BCUT2D eigenvalue weighted by Crippen LogP contribution is 2.81. The monoisotopic (exact) mass is 632 g/mol. The van der Waals surface area contributed by atoms with E-state index in [1.807, 2.05) is 0 Å². The Bertz CT molecular complexity index is 1440. The molecule has 11 atom stereocenters. The van der Waals surface area contributed by atoms with Crippen LogP contribution in [0.15, 0.2) is 42.5 Å². The average Bonchev–Trinajstić information content (AvgIpc) is 3.39. The van der Waals surface area contributed by atoms with Gasteiger partial charge >= 0.3 is 11.9 Å². The second-order valence-corrected chi connectivity index (χ2v) is 17.7. The maximum absolute atomic E-state index is 13.1. The Hall–Kier alpha value is -2.60. The van der Waals surface area contributed by atoms with Crippen LogP contribution in [0.3, 0.4) is 0 Å². The summed E-state index contributed by atoms with van der Waals surface area (Å²) in [4.78, 5) is 26.1. The average molecular weight is 633 g/mol. The molecule has 6 heteroatoms. The second kappa shape index (κ2) is 10.7. The number of benzene rings is 1. The molecule has 6 rings (SSSR count). The predicted octanol–water partition coefficient (Wildman–Crippen LogP) is 8.42. The van der Waals surface area contributed by atoms with Crippen LogP contribution in [0.5, 0.6) is 5.75 Å². The Balaban J connectivity index is 1.29. The third kappa shape index (κ3) is 4.37. The quantitative estimate of drug-likeness (QED) is 0.171. The normalized spacial score (nSPS) is 46.0. The first kappa shape index (κ1) is 33.3. The van der Waals surface area contributed by atoms with Crippen molar-refractivity contribution in [3.8, 4) is 5.75 Å². The minimum atomic E-state index is -0.778. The molecule has 0 radical (unpaired) electrons. The number of aliphatic carboxylic acids is 1. The van der Waals surface area contributed by atoms with E-state index in [2.05, 4.69) is 55.0 Å². The van der Waals surface area contributed by atoms with E-state index in [1.165, 1.54) is 6.08 Å². The van der Waals surface area contributed by atoms with Gasteiger partial charge in [0.15, 0.2) is 0 Å². The zero-order valence-electron chi connectivity index (χ0n) is 29.1. The van der Waals surface area contributed by atoms with E-state index < -0.39 is 35.0 Å². The maximum atomic E-state index is 13.1. The number of aliphatic hydroxyl groups is 1. The first-order valence-electron chi connectivity index (χ1n) is 17.6. The number of ether oxygens (including phenoxy) is 1. The van der Waals surface area contributed by atoms with Gasteiger partial charge in [-0.2, -0.15) is 0 Å². The first-order valence-corrected chi connectivity index (χ1v) is 17.6. The predicted molar refractivity (Wildman–Crippen MR) is 180 cm³/mol. The van der Waals surface area contributed by atoms with E-state index in [0.717, 1.165) is 62.5 Å². The highest BCUT2D eigenvalue weighted by atomic mass is 16.6. The highest BCUT2D eigenvalue weighted by molar-refractivity contribution is 5.87. The lowest BCUT2D eigenvalue weighted by Crippen LogP contribution is -2.71. The molecular formula is C40H56O6. The summed E-state index contributed by atoms with van der Waals surface area (Å²) in [6, 6.07) is 6.62. The molecule has 5 aliphatic rings. The number of aliphatic hydroxyl groups excluding tert-OH is 1. The molecule has 0 aromatic heterocycles. The third-order valence-electron chi connectivity index (χ3n) is 15.7. The fourth-order valence-electron chi connectivity index (χ4n) is 13.4. The minimum Gasteiger partial charge on any atom is -0.508 e. The van der Waals surface area contributed by atoms with E-state index >= 15 is 0 Å². The van der Waals surface area contributed by atoms with E-state index in [4.69, 9.17) is 4.74 Å². The smallest absolute Gasteiger partial charge is 0.331 e. The number of carbonyl (C=O) groups is 2. The lowest BCUT2D eigenvalue weighted by Gasteiger charge is -2.76. The fourth-order valence-corrected chi connectivity index (χ4v) is 13.4. The number of rotatable bonds is 5. The van der Waals surface area contributed by atoms with Crippen molar-refractivity contribution in [3.63, 3.8) is 0 Å². The molecule has 5 aliphatic carbocycles. The number of phenolic OH excluding ortho intramolecular Hbond substituents is 1. The van der Waals surface area contributed by atoms with Crippen LogP contribution in [-0.4, -0.2) is 39.5 Å². The van der Waals surface area contributed by atoms with Crippen LogP contribution in [0.25, 0.3) is 6.08 Å². The van der Waals surface area contributed by atoms with Gasteiger partial charge in [-0.1, -0.05) is 65.8 Å². The van der Waals surface area contributed by atoms with E-state index in [-0.39, 0.29) is 45.2 Å². The number of carboxylic acid groups (broad SMARTS) is 1. The van der Waals surface area contributed by atoms with E-state index in [9.17, 15) is 24.9 Å². The Morgan fingerprint density at radius 3 is 2.15 bits per heavy atom. The summed E-state index contributed by atoms with van der Waals surface area (Å²) in [5, 5.41) is 32.1. The van der Waals surface area contributed by atoms with Gasteiger partial charge in [0, 0.05) is 11.5 Å². The maximum Gasteiger partial charge on any atom is 0.331 e. The molecule has 0 bridgehead atoms. The van der Waals surface area contributed by atoms with Gasteiger partial charge in [0.05, 0.1) is 11.5 Å². The molecule has 6 nitrogen and oxygen atoms in total. The van der Waals surface area contributed by atoms with Crippen LogP contribution in [0, 0.1) is 56.2 Å². The van der Waals surface area contributed by atoms with Gasteiger partial charge in [0.25, 0.3) is 0 Å². The molecule has 5 fully saturated rings. The molecule has 0 saturated heterocycles. The number of esters is 1. The summed E-state index contributed by atoms with van der Waals surface area (Å²) in [6.07, 6.45) is 9.65. The first-order chi connectivity index (χ1) is 21.4. The van der Waals surface area contributed by atoms with Crippen molar-refractivity contribution in [2.45, 2.75) is 118 Å². The largest absolute Gasteiger partial charge is 0.508 e. The molecule has 0 heterocycles. The topological polar surface area (TPSA) is 104 Å². The summed E-state index contributed by atoms with van der Waals surface area (Å²) >= 11 is 0. The van der Waals surface area contributed by atoms with Gasteiger partial charge < -0.3 is 20.1 Å². The number of aromatic hydroxyl groups is 1. The number of fused-ring (bicyclic) bond motifs is 7. The van der Waals surface area contributed by atoms with Crippen molar-refractivity contribution in [1.82, 2.24) is 0 Å². The Kier molecular flexibility index (Phi) is 7.75.